The lowest BCUT2D eigenvalue weighted by Crippen LogP contribution is -2.12. The van der Waals surface area contributed by atoms with Gasteiger partial charge in [-0.15, -0.1) is 0 Å². The summed E-state index contributed by atoms with van der Waals surface area (Å²) in [7, 11) is 0. The topological polar surface area (TPSA) is 51.0 Å². The molecule has 0 aliphatic rings. The Morgan fingerprint density at radius 2 is 2.23 bits per heavy atom. The van der Waals surface area contributed by atoms with Crippen LogP contribution in [-0.2, 0) is 13.0 Å². The Hall–Kier alpha value is -0.900. The summed E-state index contributed by atoms with van der Waals surface area (Å²) >= 11 is 0. The van der Waals surface area contributed by atoms with Crippen molar-refractivity contribution in [3.63, 3.8) is 0 Å². The van der Waals surface area contributed by atoms with Gasteiger partial charge in [-0.25, -0.2) is 0 Å². The minimum atomic E-state index is 0.701. The molecule has 4 nitrogen and oxygen atoms in total. The summed E-state index contributed by atoms with van der Waals surface area (Å²) in [6.45, 7) is 5.83. The first-order valence-electron chi connectivity index (χ1n) is 4.89. The van der Waals surface area contributed by atoms with Crippen molar-refractivity contribution >= 4 is 0 Å². The fourth-order valence-corrected chi connectivity index (χ4v) is 1.03. The summed E-state index contributed by atoms with van der Waals surface area (Å²) in [6.07, 6.45) is 3.17. The predicted octanol–water partition coefficient (Wildman–Crippen LogP) is 1.52. The minimum Gasteiger partial charge on any atom is -0.339 e. The van der Waals surface area contributed by atoms with E-state index in [0.717, 1.165) is 37.5 Å². The van der Waals surface area contributed by atoms with Gasteiger partial charge < -0.3 is 9.84 Å². The summed E-state index contributed by atoms with van der Waals surface area (Å²) < 4.78 is 5.06. The zero-order chi connectivity index (χ0) is 9.52. The summed E-state index contributed by atoms with van der Waals surface area (Å²) in [5.41, 5.74) is 0. The van der Waals surface area contributed by atoms with Crippen LogP contribution in [0.25, 0.3) is 0 Å². The standard InChI is InChI=1S/C9H17N3O/c1-3-5-6-9-11-8(12-13-9)7-10-4-2/h10H,3-7H2,1-2H3. The minimum absolute atomic E-state index is 0.701. The van der Waals surface area contributed by atoms with Crippen LogP contribution in [-0.4, -0.2) is 16.7 Å². The van der Waals surface area contributed by atoms with E-state index in [9.17, 15) is 0 Å². The molecule has 0 spiro atoms. The second-order valence-electron chi connectivity index (χ2n) is 2.99. The largest absolute Gasteiger partial charge is 0.339 e. The molecule has 0 saturated heterocycles. The molecule has 0 amide bonds. The Morgan fingerprint density at radius 3 is 2.92 bits per heavy atom. The van der Waals surface area contributed by atoms with Crippen molar-refractivity contribution in [3.8, 4) is 0 Å². The molecule has 1 aromatic heterocycles. The van der Waals surface area contributed by atoms with Crippen LogP contribution in [0, 0.1) is 0 Å². The molecule has 0 unspecified atom stereocenters. The SMILES string of the molecule is CCCCc1nc(CNCC)no1. The average Bonchev–Trinajstić information content (AvgIpc) is 2.59. The molecular weight excluding hydrogens is 166 g/mol. The van der Waals surface area contributed by atoms with Gasteiger partial charge in [0.05, 0.1) is 6.54 Å². The van der Waals surface area contributed by atoms with Crippen molar-refractivity contribution in [2.75, 3.05) is 6.54 Å². The third kappa shape index (κ3) is 3.55. The predicted molar refractivity (Wildman–Crippen MR) is 50.3 cm³/mol. The highest BCUT2D eigenvalue weighted by Gasteiger charge is 2.03. The number of nitrogens with zero attached hydrogens (tertiary/aromatic N) is 2. The van der Waals surface area contributed by atoms with Gasteiger partial charge in [-0.05, 0) is 13.0 Å². The highest BCUT2D eigenvalue weighted by Crippen LogP contribution is 2.02. The van der Waals surface area contributed by atoms with E-state index in [0.29, 0.717) is 6.54 Å². The number of hydrogen-bond donors (Lipinski definition) is 1. The van der Waals surface area contributed by atoms with Crippen LogP contribution in [0.1, 0.15) is 38.4 Å². The lowest BCUT2D eigenvalue weighted by molar-refractivity contribution is 0.369. The van der Waals surface area contributed by atoms with Gasteiger partial charge >= 0.3 is 0 Å². The maximum absolute atomic E-state index is 5.06. The lowest BCUT2D eigenvalue weighted by Gasteiger charge is -1.92. The fourth-order valence-electron chi connectivity index (χ4n) is 1.03. The second kappa shape index (κ2) is 5.70. The maximum Gasteiger partial charge on any atom is 0.226 e. The molecule has 0 fully saturated rings. The van der Waals surface area contributed by atoms with Crippen LogP contribution in [0.4, 0.5) is 0 Å². The number of rotatable bonds is 6. The van der Waals surface area contributed by atoms with Gasteiger partial charge in [0.2, 0.25) is 5.89 Å². The van der Waals surface area contributed by atoms with Crippen molar-refractivity contribution < 1.29 is 4.52 Å². The molecule has 0 radical (unpaired) electrons. The molecule has 0 aromatic carbocycles. The molecule has 0 bridgehead atoms. The van der Waals surface area contributed by atoms with Gasteiger partial charge in [-0.2, -0.15) is 4.98 Å². The number of aryl methyl sites for hydroxylation is 1. The Labute approximate surface area is 78.7 Å². The smallest absolute Gasteiger partial charge is 0.226 e. The van der Waals surface area contributed by atoms with E-state index < -0.39 is 0 Å². The highest BCUT2D eigenvalue weighted by atomic mass is 16.5. The van der Waals surface area contributed by atoms with E-state index in [1.165, 1.54) is 0 Å². The van der Waals surface area contributed by atoms with Crippen LogP contribution < -0.4 is 5.32 Å². The maximum atomic E-state index is 5.06. The molecule has 1 rings (SSSR count). The van der Waals surface area contributed by atoms with Gasteiger partial charge in [0.25, 0.3) is 0 Å². The fraction of sp³-hybridized carbons (Fsp3) is 0.778. The van der Waals surface area contributed by atoms with E-state index in [1.54, 1.807) is 0 Å². The molecule has 74 valence electrons. The number of nitrogens with one attached hydrogen (secondary N) is 1. The van der Waals surface area contributed by atoms with Crippen LogP contribution >= 0.6 is 0 Å². The zero-order valence-electron chi connectivity index (χ0n) is 8.34. The number of aromatic nitrogens is 2. The van der Waals surface area contributed by atoms with Crippen LogP contribution in [0.5, 0.6) is 0 Å². The molecule has 1 aromatic rings. The first kappa shape index (κ1) is 10.2. The van der Waals surface area contributed by atoms with E-state index in [1.807, 2.05) is 0 Å². The third-order valence-corrected chi connectivity index (χ3v) is 1.79. The normalized spacial score (nSPS) is 10.6. The molecule has 0 aliphatic heterocycles. The van der Waals surface area contributed by atoms with E-state index in [2.05, 4.69) is 29.3 Å². The van der Waals surface area contributed by atoms with E-state index in [4.69, 9.17) is 4.52 Å². The summed E-state index contributed by atoms with van der Waals surface area (Å²) in [5.74, 6) is 1.52. The highest BCUT2D eigenvalue weighted by molar-refractivity contribution is 4.85. The summed E-state index contributed by atoms with van der Waals surface area (Å²) in [4.78, 5) is 4.24. The molecule has 0 atom stereocenters. The lowest BCUT2D eigenvalue weighted by atomic mass is 10.2. The quantitative estimate of drug-likeness (QED) is 0.726. The Balaban J connectivity index is 2.34. The first-order valence-corrected chi connectivity index (χ1v) is 4.89. The average molecular weight is 183 g/mol. The van der Waals surface area contributed by atoms with E-state index in [-0.39, 0.29) is 0 Å². The van der Waals surface area contributed by atoms with Gasteiger partial charge in [0.15, 0.2) is 5.82 Å². The van der Waals surface area contributed by atoms with Gasteiger partial charge in [-0.1, -0.05) is 25.4 Å². The van der Waals surface area contributed by atoms with Crippen molar-refractivity contribution in [2.24, 2.45) is 0 Å². The molecule has 1 heterocycles. The summed E-state index contributed by atoms with van der Waals surface area (Å²) in [5, 5.41) is 7.01. The monoisotopic (exact) mass is 183 g/mol. The first-order chi connectivity index (χ1) is 6.36. The molecule has 1 N–H and O–H groups in total. The number of hydrogen-bond acceptors (Lipinski definition) is 4. The Bertz CT molecular complexity index is 212. The van der Waals surface area contributed by atoms with Gasteiger partial charge in [0.1, 0.15) is 0 Å². The van der Waals surface area contributed by atoms with E-state index >= 15 is 0 Å². The molecule has 4 heteroatoms. The summed E-state index contributed by atoms with van der Waals surface area (Å²) in [6, 6.07) is 0. The van der Waals surface area contributed by atoms with Gasteiger partial charge in [-0.3, -0.25) is 0 Å². The number of unbranched alkanes of at least 4 members (excludes halogenated alkanes) is 1. The van der Waals surface area contributed by atoms with Crippen molar-refractivity contribution in [1.82, 2.24) is 15.5 Å². The second-order valence-corrected chi connectivity index (χ2v) is 2.99. The van der Waals surface area contributed by atoms with Crippen molar-refractivity contribution in [2.45, 2.75) is 39.7 Å². The van der Waals surface area contributed by atoms with Gasteiger partial charge in [0, 0.05) is 6.42 Å². The molecule has 0 aliphatic carbocycles. The Morgan fingerprint density at radius 1 is 1.38 bits per heavy atom. The Kier molecular flexibility index (Phi) is 4.46. The molecular formula is C9H17N3O. The zero-order valence-corrected chi connectivity index (χ0v) is 8.34. The van der Waals surface area contributed by atoms with Crippen molar-refractivity contribution in [3.05, 3.63) is 11.7 Å². The van der Waals surface area contributed by atoms with Crippen LogP contribution in [0.2, 0.25) is 0 Å². The van der Waals surface area contributed by atoms with Crippen molar-refractivity contribution in [1.29, 1.82) is 0 Å². The van der Waals surface area contributed by atoms with Crippen LogP contribution in [0.3, 0.4) is 0 Å². The third-order valence-electron chi connectivity index (χ3n) is 1.79. The molecule has 0 saturated carbocycles. The molecule has 13 heavy (non-hydrogen) atoms. The van der Waals surface area contributed by atoms with Crippen LogP contribution in [0.15, 0.2) is 4.52 Å².